The Balaban J connectivity index is 1.51. The zero-order chi connectivity index (χ0) is 29.9. The van der Waals surface area contributed by atoms with E-state index in [4.69, 9.17) is 9.97 Å². The molecule has 1 aromatic carbocycles. The summed E-state index contributed by atoms with van der Waals surface area (Å²) < 4.78 is 2.98. The molecule has 8 nitrogen and oxygen atoms in total. The van der Waals surface area contributed by atoms with Crippen molar-refractivity contribution in [2.24, 2.45) is 5.92 Å². The molecule has 2 unspecified atom stereocenters. The van der Waals surface area contributed by atoms with E-state index in [1.165, 1.54) is 11.9 Å². The number of pyridine rings is 2. The Bertz CT molecular complexity index is 1400. The highest BCUT2D eigenvalue weighted by Gasteiger charge is 2.39. The first-order chi connectivity index (χ1) is 19.3. The highest BCUT2D eigenvalue weighted by Crippen LogP contribution is 2.38. The summed E-state index contributed by atoms with van der Waals surface area (Å²) in [6.07, 6.45) is 1.82. The van der Waals surface area contributed by atoms with Gasteiger partial charge in [0.2, 0.25) is 0 Å². The van der Waals surface area contributed by atoms with Gasteiger partial charge in [-0.25, -0.2) is 14.8 Å². The quantitative estimate of drug-likeness (QED) is 0.232. The fraction of sp³-hybridized carbons (Fsp3) is 0.438. The number of hydrogen-bond donors (Lipinski definition) is 3. The van der Waals surface area contributed by atoms with Crippen LogP contribution < -0.4 is 14.9 Å². The van der Waals surface area contributed by atoms with Crippen LogP contribution in [0, 0.1) is 5.92 Å². The van der Waals surface area contributed by atoms with Crippen LogP contribution in [-0.4, -0.2) is 39.0 Å². The molecule has 0 bridgehead atoms. The fourth-order valence-electron chi connectivity index (χ4n) is 5.37. The van der Waals surface area contributed by atoms with Crippen molar-refractivity contribution in [1.29, 1.82) is 0 Å². The van der Waals surface area contributed by atoms with Gasteiger partial charge in [-0.15, -0.1) is 0 Å². The molecule has 0 radical (unpaired) electrons. The third-order valence-corrected chi connectivity index (χ3v) is 8.20. The van der Waals surface area contributed by atoms with Gasteiger partial charge in [-0.2, -0.15) is 0 Å². The minimum atomic E-state index is -0.947. The van der Waals surface area contributed by atoms with Crippen molar-refractivity contribution in [3.8, 4) is 0 Å². The molecule has 0 aliphatic carbocycles. The van der Waals surface area contributed by atoms with Gasteiger partial charge in [-0.05, 0) is 74.6 Å². The van der Waals surface area contributed by atoms with Gasteiger partial charge in [0.15, 0.2) is 0 Å². The standard InChI is InChI=1S/C32H41N5O3S/c1-8-24(21-12-14-22(15-13-21)30(39)40)33-26-10-9-11-27(35-26)41-36-29(38)23-16-17-25(31(3,4)5)34-28(23)37-19-20(2)18-32(37,6)7/h9-17,20,24H,8,18-19H2,1-7H3,(H,33,35)(H,36,38)(H,39,40). The summed E-state index contributed by atoms with van der Waals surface area (Å²) in [6.45, 7) is 16.0. The second-order valence-corrected chi connectivity index (χ2v) is 13.3. The summed E-state index contributed by atoms with van der Waals surface area (Å²) in [5.41, 5.74) is 2.50. The summed E-state index contributed by atoms with van der Waals surface area (Å²) in [4.78, 5) is 36.7. The highest BCUT2D eigenvalue weighted by molar-refractivity contribution is 7.97. The van der Waals surface area contributed by atoms with Crippen molar-refractivity contribution in [2.75, 3.05) is 16.8 Å². The maximum atomic E-state index is 13.5. The third kappa shape index (κ3) is 7.19. The largest absolute Gasteiger partial charge is 0.478 e. The summed E-state index contributed by atoms with van der Waals surface area (Å²) in [7, 11) is 0. The zero-order valence-corrected chi connectivity index (χ0v) is 25.8. The number of amides is 1. The molecule has 9 heteroatoms. The number of carbonyl (C=O) groups is 2. The predicted molar refractivity (Wildman–Crippen MR) is 166 cm³/mol. The molecule has 3 heterocycles. The fourth-order valence-corrected chi connectivity index (χ4v) is 5.97. The molecule has 2 atom stereocenters. The van der Waals surface area contributed by atoms with Crippen LogP contribution in [0.3, 0.4) is 0 Å². The molecule has 1 fully saturated rings. The predicted octanol–water partition coefficient (Wildman–Crippen LogP) is 7.10. The molecule has 4 rings (SSSR count). The highest BCUT2D eigenvalue weighted by atomic mass is 32.2. The number of carbonyl (C=O) groups excluding carboxylic acids is 1. The average molecular weight is 576 g/mol. The van der Waals surface area contributed by atoms with Gasteiger partial charge in [0.05, 0.1) is 17.2 Å². The number of nitrogens with one attached hydrogen (secondary N) is 2. The molecule has 218 valence electrons. The Morgan fingerprint density at radius 1 is 1.10 bits per heavy atom. The van der Waals surface area contributed by atoms with Crippen LogP contribution in [0.25, 0.3) is 0 Å². The van der Waals surface area contributed by atoms with Gasteiger partial charge in [-0.1, -0.05) is 52.8 Å². The van der Waals surface area contributed by atoms with E-state index < -0.39 is 5.97 Å². The van der Waals surface area contributed by atoms with Crippen molar-refractivity contribution in [3.63, 3.8) is 0 Å². The molecule has 1 aliphatic rings. The SMILES string of the molecule is CCC(Nc1cccc(SNC(=O)c2ccc(C(C)(C)C)nc2N2CC(C)CC2(C)C)n1)c1ccc(C(=O)O)cc1. The topological polar surface area (TPSA) is 107 Å². The molecule has 1 aliphatic heterocycles. The zero-order valence-electron chi connectivity index (χ0n) is 25.0. The van der Waals surface area contributed by atoms with Gasteiger partial charge in [0, 0.05) is 35.1 Å². The second-order valence-electron chi connectivity index (χ2n) is 12.5. The Morgan fingerprint density at radius 3 is 2.39 bits per heavy atom. The van der Waals surface area contributed by atoms with Crippen LogP contribution >= 0.6 is 11.9 Å². The van der Waals surface area contributed by atoms with Crippen molar-refractivity contribution >= 4 is 35.5 Å². The van der Waals surface area contributed by atoms with Gasteiger partial charge >= 0.3 is 5.97 Å². The van der Waals surface area contributed by atoms with E-state index in [2.05, 4.69) is 63.4 Å². The van der Waals surface area contributed by atoms with E-state index in [0.29, 0.717) is 22.3 Å². The van der Waals surface area contributed by atoms with Gasteiger partial charge < -0.3 is 15.3 Å². The average Bonchev–Trinajstić information content (AvgIpc) is 3.21. The third-order valence-electron chi connectivity index (χ3n) is 7.48. The number of rotatable bonds is 9. The van der Waals surface area contributed by atoms with Gasteiger partial charge in [0.25, 0.3) is 5.91 Å². The number of carboxylic acids is 1. The van der Waals surface area contributed by atoms with Crippen LogP contribution in [0.4, 0.5) is 11.6 Å². The molecule has 0 spiro atoms. The Labute approximate surface area is 247 Å². The van der Waals surface area contributed by atoms with E-state index in [0.717, 1.165) is 36.5 Å². The minimum Gasteiger partial charge on any atom is -0.478 e. The smallest absolute Gasteiger partial charge is 0.335 e. The molecule has 41 heavy (non-hydrogen) atoms. The summed E-state index contributed by atoms with van der Waals surface area (Å²) in [5.74, 6) is 0.754. The lowest BCUT2D eigenvalue weighted by Crippen LogP contribution is -2.40. The van der Waals surface area contributed by atoms with Crippen molar-refractivity contribution in [2.45, 2.75) is 83.3 Å². The maximum Gasteiger partial charge on any atom is 0.335 e. The lowest BCUT2D eigenvalue weighted by atomic mass is 9.91. The maximum absolute atomic E-state index is 13.5. The summed E-state index contributed by atoms with van der Waals surface area (Å²) in [5, 5.41) is 13.3. The first kappa shape index (κ1) is 30.4. The number of benzene rings is 1. The van der Waals surface area contributed by atoms with E-state index >= 15 is 0 Å². The van der Waals surface area contributed by atoms with Crippen molar-refractivity contribution in [1.82, 2.24) is 14.7 Å². The first-order valence-corrected chi connectivity index (χ1v) is 14.9. The van der Waals surface area contributed by atoms with Crippen molar-refractivity contribution in [3.05, 3.63) is 77.0 Å². The number of anilines is 2. The minimum absolute atomic E-state index is 0.0404. The van der Waals surface area contributed by atoms with Crippen LogP contribution in [0.1, 0.15) is 99.3 Å². The number of hydrogen-bond acceptors (Lipinski definition) is 7. The normalized spacial score (nSPS) is 17.2. The molecule has 1 amide bonds. The van der Waals surface area contributed by atoms with Crippen LogP contribution in [0.2, 0.25) is 0 Å². The molecule has 1 saturated heterocycles. The number of aromatic carboxylic acids is 1. The van der Waals surface area contributed by atoms with Gasteiger partial charge in [0.1, 0.15) is 16.7 Å². The van der Waals surface area contributed by atoms with Crippen LogP contribution in [0.15, 0.2) is 59.6 Å². The first-order valence-electron chi connectivity index (χ1n) is 14.1. The van der Waals surface area contributed by atoms with Gasteiger partial charge in [-0.3, -0.25) is 9.52 Å². The molecule has 3 N–H and O–H groups in total. The number of aromatic nitrogens is 2. The molecular formula is C32H41N5O3S. The number of nitrogens with zero attached hydrogens (tertiary/aromatic N) is 3. The molecule has 3 aromatic rings. The Morgan fingerprint density at radius 2 is 1.80 bits per heavy atom. The van der Waals surface area contributed by atoms with E-state index in [9.17, 15) is 14.7 Å². The molecular weight excluding hydrogens is 534 g/mol. The van der Waals surface area contributed by atoms with E-state index in [-0.39, 0.29) is 28.5 Å². The lowest BCUT2D eigenvalue weighted by Gasteiger charge is -2.34. The van der Waals surface area contributed by atoms with Crippen molar-refractivity contribution < 1.29 is 14.7 Å². The Hall–Kier alpha value is -3.59. The summed E-state index contributed by atoms with van der Waals surface area (Å²) >= 11 is 1.17. The molecule has 0 saturated carbocycles. The van der Waals surface area contributed by atoms with Crippen LogP contribution in [0.5, 0.6) is 0 Å². The Kier molecular flexibility index (Phi) is 8.97. The lowest BCUT2D eigenvalue weighted by molar-refractivity contribution is 0.0696. The second kappa shape index (κ2) is 12.1. The number of carboxylic acid groups (broad SMARTS) is 1. The molecule has 2 aromatic heterocycles. The summed E-state index contributed by atoms with van der Waals surface area (Å²) in [6, 6.07) is 16.3. The van der Waals surface area contributed by atoms with E-state index in [1.807, 2.05) is 42.5 Å². The monoisotopic (exact) mass is 575 g/mol. The van der Waals surface area contributed by atoms with E-state index in [1.54, 1.807) is 12.1 Å². The van der Waals surface area contributed by atoms with Crippen LogP contribution in [-0.2, 0) is 5.41 Å².